The Morgan fingerprint density at radius 3 is 3.07 bits per heavy atom. The van der Waals surface area contributed by atoms with Crippen LogP contribution < -0.4 is 10.6 Å². The van der Waals surface area contributed by atoms with E-state index < -0.39 is 0 Å². The molecule has 2 aromatic heterocycles. The molecule has 8 heteroatoms. The van der Waals surface area contributed by atoms with Gasteiger partial charge in [0.05, 0.1) is 11.7 Å². The largest absolute Gasteiger partial charge is 0.349 e. The van der Waals surface area contributed by atoms with Crippen LogP contribution in [0.25, 0.3) is 0 Å². The lowest BCUT2D eigenvalue weighted by atomic mass is 10.1. The van der Waals surface area contributed by atoms with Crippen molar-refractivity contribution in [1.29, 1.82) is 0 Å². The lowest BCUT2D eigenvalue weighted by Gasteiger charge is -2.32. The smallest absolute Gasteiger partial charge is 0.273 e. The molecule has 0 aromatic carbocycles. The summed E-state index contributed by atoms with van der Waals surface area (Å²) >= 11 is 1.85. The van der Waals surface area contributed by atoms with Crippen LogP contribution in [0.15, 0.2) is 11.4 Å². The molecule has 1 saturated heterocycles. The van der Waals surface area contributed by atoms with E-state index in [-0.39, 0.29) is 5.91 Å². The van der Waals surface area contributed by atoms with Crippen LogP contribution in [-0.4, -0.2) is 58.0 Å². The van der Waals surface area contributed by atoms with Crippen LogP contribution in [0, 0.1) is 6.92 Å². The number of rotatable bonds is 5. The molecule has 27 heavy (non-hydrogen) atoms. The summed E-state index contributed by atoms with van der Waals surface area (Å²) in [7, 11) is 0. The zero-order valence-electron chi connectivity index (χ0n) is 16.1. The zero-order valence-corrected chi connectivity index (χ0v) is 16.9. The van der Waals surface area contributed by atoms with Crippen molar-refractivity contribution in [2.45, 2.75) is 51.7 Å². The molecule has 2 aliphatic heterocycles. The minimum atomic E-state index is -0.118. The number of hydrogen-bond acceptors (Lipinski definition) is 6. The van der Waals surface area contributed by atoms with E-state index in [1.807, 2.05) is 22.9 Å². The minimum absolute atomic E-state index is 0.118. The molecule has 0 radical (unpaired) electrons. The number of hydrogen-bond donors (Lipinski definition) is 2. The number of piperidine rings is 1. The van der Waals surface area contributed by atoms with Gasteiger partial charge in [0.2, 0.25) is 0 Å². The lowest BCUT2D eigenvalue weighted by Crippen LogP contribution is -2.44. The zero-order chi connectivity index (χ0) is 18.8. The van der Waals surface area contributed by atoms with Gasteiger partial charge >= 0.3 is 0 Å². The van der Waals surface area contributed by atoms with Gasteiger partial charge in [0, 0.05) is 30.6 Å². The summed E-state index contributed by atoms with van der Waals surface area (Å²) in [6, 6.07) is 2.86. The molecule has 1 fully saturated rings. The topological polar surface area (TPSA) is 75.1 Å². The van der Waals surface area contributed by atoms with E-state index in [1.165, 1.54) is 10.4 Å². The number of amides is 1. The maximum atomic E-state index is 12.6. The highest BCUT2D eigenvalue weighted by atomic mass is 32.1. The van der Waals surface area contributed by atoms with Crippen molar-refractivity contribution < 1.29 is 4.79 Å². The third-order valence-electron chi connectivity index (χ3n) is 5.82. The standard InChI is InChI=1S/C19H28N6OS/c1-13(24-9-5-17-15(12-24)6-10-27-17)11-21-19(26)18-14(2)25(23-22-18)16-3-7-20-8-4-16/h6,10,13,16,20H,3-5,7-9,11-12H2,1-2H3,(H,21,26). The molecule has 4 heterocycles. The van der Waals surface area contributed by atoms with E-state index in [0.29, 0.717) is 24.3 Å². The van der Waals surface area contributed by atoms with Crippen LogP contribution in [0.3, 0.4) is 0 Å². The Kier molecular flexibility index (Phi) is 5.56. The Hall–Kier alpha value is -1.77. The average Bonchev–Trinajstić information content (AvgIpc) is 3.32. The van der Waals surface area contributed by atoms with Crippen molar-refractivity contribution >= 4 is 17.2 Å². The fraction of sp³-hybridized carbons (Fsp3) is 0.632. The van der Waals surface area contributed by atoms with E-state index >= 15 is 0 Å². The van der Waals surface area contributed by atoms with Crippen LogP contribution in [0.2, 0.25) is 0 Å². The molecule has 146 valence electrons. The van der Waals surface area contributed by atoms with Crippen molar-refractivity contribution in [3.05, 3.63) is 33.3 Å². The fourth-order valence-corrected chi connectivity index (χ4v) is 4.94. The molecule has 1 unspecified atom stereocenters. The molecular formula is C19H28N6OS. The third kappa shape index (κ3) is 3.93. The first kappa shape index (κ1) is 18.6. The predicted molar refractivity (Wildman–Crippen MR) is 106 cm³/mol. The number of aromatic nitrogens is 3. The van der Waals surface area contributed by atoms with Crippen molar-refractivity contribution in [3.63, 3.8) is 0 Å². The second kappa shape index (κ2) is 8.08. The molecule has 7 nitrogen and oxygen atoms in total. The van der Waals surface area contributed by atoms with Gasteiger partial charge in [-0.1, -0.05) is 5.21 Å². The Labute approximate surface area is 164 Å². The van der Waals surface area contributed by atoms with Gasteiger partial charge in [-0.15, -0.1) is 16.4 Å². The monoisotopic (exact) mass is 388 g/mol. The molecule has 0 saturated carbocycles. The van der Waals surface area contributed by atoms with Crippen molar-refractivity contribution in [1.82, 2.24) is 30.5 Å². The van der Waals surface area contributed by atoms with Crippen LogP contribution in [0.1, 0.15) is 52.4 Å². The number of thiophene rings is 1. The van der Waals surface area contributed by atoms with E-state index in [0.717, 1.165) is 51.1 Å². The van der Waals surface area contributed by atoms with Crippen LogP contribution in [-0.2, 0) is 13.0 Å². The van der Waals surface area contributed by atoms with Crippen molar-refractivity contribution in [2.24, 2.45) is 0 Å². The molecule has 1 atom stereocenters. The number of nitrogens with one attached hydrogen (secondary N) is 2. The van der Waals surface area contributed by atoms with Crippen LogP contribution >= 0.6 is 11.3 Å². The average molecular weight is 389 g/mol. The van der Waals surface area contributed by atoms with Crippen LogP contribution in [0.5, 0.6) is 0 Å². The molecule has 0 bridgehead atoms. The van der Waals surface area contributed by atoms with E-state index in [1.54, 1.807) is 0 Å². The first-order valence-electron chi connectivity index (χ1n) is 9.83. The van der Waals surface area contributed by atoms with E-state index in [2.05, 4.69) is 44.2 Å². The van der Waals surface area contributed by atoms with Gasteiger partial charge < -0.3 is 10.6 Å². The predicted octanol–water partition coefficient (Wildman–Crippen LogP) is 1.75. The molecule has 2 N–H and O–H groups in total. The molecule has 0 spiro atoms. The summed E-state index contributed by atoms with van der Waals surface area (Å²) in [5.74, 6) is -0.118. The fourth-order valence-electron chi connectivity index (χ4n) is 4.05. The minimum Gasteiger partial charge on any atom is -0.349 e. The molecular weight excluding hydrogens is 360 g/mol. The van der Waals surface area contributed by atoms with Gasteiger partial charge in [0.25, 0.3) is 5.91 Å². The van der Waals surface area contributed by atoms with Gasteiger partial charge in [-0.2, -0.15) is 0 Å². The summed E-state index contributed by atoms with van der Waals surface area (Å²) in [5, 5.41) is 17.0. The molecule has 4 rings (SSSR count). The SMILES string of the molecule is Cc1c(C(=O)NCC(C)N2CCc3sccc3C2)nnn1C1CCNCC1. The number of fused-ring (bicyclic) bond motifs is 1. The Bertz CT molecular complexity index is 794. The van der Waals surface area contributed by atoms with Gasteiger partial charge in [-0.25, -0.2) is 4.68 Å². The quantitative estimate of drug-likeness (QED) is 0.816. The molecule has 0 aliphatic carbocycles. The van der Waals surface area contributed by atoms with Crippen molar-refractivity contribution in [3.8, 4) is 0 Å². The molecule has 2 aliphatic rings. The summed E-state index contributed by atoms with van der Waals surface area (Å²) in [6.07, 6.45) is 3.17. The Balaban J connectivity index is 1.33. The lowest BCUT2D eigenvalue weighted by molar-refractivity contribution is 0.0927. The number of nitrogens with zero attached hydrogens (tertiary/aromatic N) is 4. The number of carbonyl (C=O) groups excluding carboxylic acids is 1. The van der Waals surface area contributed by atoms with E-state index in [4.69, 9.17) is 0 Å². The highest BCUT2D eigenvalue weighted by molar-refractivity contribution is 7.10. The summed E-state index contributed by atoms with van der Waals surface area (Å²) in [5.41, 5.74) is 2.76. The number of carbonyl (C=O) groups is 1. The van der Waals surface area contributed by atoms with Gasteiger partial charge in [-0.05, 0) is 63.2 Å². The van der Waals surface area contributed by atoms with E-state index in [9.17, 15) is 4.79 Å². The maximum absolute atomic E-state index is 12.6. The highest BCUT2D eigenvalue weighted by Crippen LogP contribution is 2.25. The Morgan fingerprint density at radius 1 is 1.44 bits per heavy atom. The summed E-state index contributed by atoms with van der Waals surface area (Å²) in [4.78, 5) is 16.6. The highest BCUT2D eigenvalue weighted by Gasteiger charge is 2.25. The first-order valence-corrected chi connectivity index (χ1v) is 10.7. The van der Waals surface area contributed by atoms with Gasteiger partial charge in [0.1, 0.15) is 0 Å². The van der Waals surface area contributed by atoms with Gasteiger partial charge in [-0.3, -0.25) is 9.69 Å². The van der Waals surface area contributed by atoms with Gasteiger partial charge in [0.15, 0.2) is 5.69 Å². The molecule has 2 aromatic rings. The molecule has 1 amide bonds. The normalized spacial score (nSPS) is 19.6. The summed E-state index contributed by atoms with van der Waals surface area (Å²) in [6.45, 7) is 8.75. The second-order valence-electron chi connectivity index (χ2n) is 7.60. The van der Waals surface area contributed by atoms with Crippen LogP contribution in [0.4, 0.5) is 0 Å². The van der Waals surface area contributed by atoms with Crippen molar-refractivity contribution in [2.75, 3.05) is 26.2 Å². The summed E-state index contributed by atoms with van der Waals surface area (Å²) < 4.78 is 1.93. The first-order chi connectivity index (χ1) is 13.1. The third-order valence-corrected chi connectivity index (χ3v) is 6.84. The second-order valence-corrected chi connectivity index (χ2v) is 8.60. The maximum Gasteiger partial charge on any atom is 0.273 e. The Morgan fingerprint density at radius 2 is 2.26 bits per heavy atom.